The number of aromatic nitrogens is 1. The molecule has 122 valence electrons. The SMILES string of the molecule is C=CC1CNC(Cc2ccnc3ccc(OC)cc23)CC1CC. The zero-order valence-electron chi connectivity index (χ0n) is 14.1. The van der Waals surface area contributed by atoms with Crippen LogP contribution in [0.5, 0.6) is 5.75 Å². The third kappa shape index (κ3) is 3.40. The van der Waals surface area contributed by atoms with Crippen molar-refractivity contribution in [3.8, 4) is 5.75 Å². The van der Waals surface area contributed by atoms with Gasteiger partial charge in [0, 0.05) is 24.2 Å². The Kier molecular flexibility index (Phi) is 4.97. The van der Waals surface area contributed by atoms with Crippen molar-refractivity contribution in [2.24, 2.45) is 11.8 Å². The molecular weight excluding hydrogens is 284 g/mol. The monoisotopic (exact) mass is 310 g/mol. The van der Waals surface area contributed by atoms with Crippen LogP contribution in [0.2, 0.25) is 0 Å². The largest absolute Gasteiger partial charge is 0.497 e. The van der Waals surface area contributed by atoms with Gasteiger partial charge in [0.15, 0.2) is 0 Å². The summed E-state index contributed by atoms with van der Waals surface area (Å²) in [5, 5.41) is 4.90. The third-order valence-electron chi connectivity index (χ3n) is 5.17. The fraction of sp³-hybridized carbons (Fsp3) is 0.450. The van der Waals surface area contributed by atoms with E-state index in [1.807, 2.05) is 18.3 Å². The van der Waals surface area contributed by atoms with Gasteiger partial charge in [0.25, 0.3) is 0 Å². The molecule has 0 amide bonds. The van der Waals surface area contributed by atoms with Gasteiger partial charge < -0.3 is 10.1 Å². The number of piperidine rings is 1. The minimum atomic E-state index is 0.521. The molecular formula is C20H26N2O. The Balaban J connectivity index is 1.82. The van der Waals surface area contributed by atoms with Crippen LogP contribution in [-0.2, 0) is 6.42 Å². The lowest BCUT2D eigenvalue weighted by Gasteiger charge is -2.35. The summed E-state index contributed by atoms with van der Waals surface area (Å²) in [6, 6.07) is 8.77. The van der Waals surface area contributed by atoms with Crippen molar-refractivity contribution in [3.63, 3.8) is 0 Å². The highest BCUT2D eigenvalue weighted by Crippen LogP contribution is 2.29. The van der Waals surface area contributed by atoms with E-state index in [2.05, 4.69) is 42.0 Å². The molecule has 3 rings (SSSR count). The van der Waals surface area contributed by atoms with Gasteiger partial charge in [-0.3, -0.25) is 4.98 Å². The normalized spacial score (nSPS) is 24.5. The first kappa shape index (κ1) is 16.0. The summed E-state index contributed by atoms with van der Waals surface area (Å²) in [4.78, 5) is 4.48. The van der Waals surface area contributed by atoms with Crippen LogP contribution in [0.1, 0.15) is 25.3 Å². The molecule has 1 saturated heterocycles. The van der Waals surface area contributed by atoms with Gasteiger partial charge >= 0.3 is 0 Å². The molecule has 2 aromatic rings. The first-order valence-corrected chi connectivity index (χ1v) is 8.52. The number of benzene rings is 1. The van der Waals surface area contributed by atoms with Crippen LogP contribution in [-0.4, -0.2) is 24.7 Å². The smallest absolute Gasteiger partial charge is 0.119 e. The van der Waals surface area contributed by atoms with Crippen LogP contribution in [0.25, 0.3) is 10.9 Å². The molecule has 2 heterocycles. The summed E-state index contributed by atoms with van der Waals surface area (Å²) < 4.78 is 5.38. The van der Waals surface area contributed by atoms with Crippen molar-refractivity contribution in [1.82, 2.24) is 10.3 Å². The highest BCUT2D eigenvalue weighted by Gasteiger charge is 2.27. The second-order valence-electron chi connectivity index (χ2n) is 6.47. The van der Waals surface area contributed by atoms with Gasteiger partial charge in [-0.25, -0.2) is 0 Å². The van der Waals surface area contributed by atoms with E-state index in [-0.39, 0.29) is 0 Å². The number of hydrogen-bond donors (Lipinski definition) is 1. The Morgan fingerprint density at radius 1 is 1.39 bits per heavy atom. The van der Waals surface area contributed by atoms with E-state index in [0.717, 1.165) is 30.1 Å². The molecule has 1 aromatic heterocycles. The highest BCUT2D eigenvalue weighted by atomic mass is 16.5. The lowest BCUT2D eigenvalue weighted by Crippen LogP contribution is -2.44. The van der Waals surface area contributed by atoms with Gasteiger partial charge in [-0.15, -0.1) is 6.58 Å². The molecule has 3 unspecified atom stereocenters. The summed E-state index contributed by atoms with van der Waals surface area (Å²) in [5.74, 6) is 2.23. The lowest BCUT2D eigenvalue weighted by molar-refractivity contribution is 0.239. The molecule has 0 saturated carbocycles. The molecule has 0 bridgehead atoms. The van der Waals surface area contributed by atoms with Gasteiger partial charge in [-0.05, 0) is 54.5 Å². The van der Waals surface area contributed by atoms with Gasteiger partial charge in [-0.2, -0.15) is 0 Å². The Morgan fingerprint density at radius 3 is 3.00 bits per heavy atom. The van der Waals surface area contributed by atoms with Crippen molar-refractivity contribution in [2.75, 3.05) is 13.7 Å². The molecule has 0 radical (unpaired) electrons. The minimum absolute atomic E-state index is 0.521. The molecule has 1 aliphatic heterocycles. The average molecular weight is 310 g/mol. The van der Waals surface area contributed by atoms with E-state index in [0.29, 0.717) is 12.0 Å². The third-order valence-corrected chi connectivity index (χ3v) is 5.17. The van der Waals surface area contributed by atoms with Crippen molar-refractivity contribution in [2.45, 2.75) is 32.2 Å². The predicted octanol–water partition coefficient (Wildman–Crippen LogP) is 3.98. The van der Waals surface area contributed by atoms with Gasteiger partial charge in [0.1, 0.15) is 5.75 Å². The van der Waals surface area contributed by atoms with E-state index in [1.165, 1.54) is 23.8 Å². The van der Waals surface area contributed by atoms with Crippen LogP contribution in [0, 0.1) is 11.8 Å². The maximum absolute atomic E-state index is 5.38. The first-order valence-electron chi connectivity index (χ1n) is 8.52. The Labute approximate surface area is 138 Å². The van der Waals surface area contributed by atoms with Crippen molar-refractivity contribution in [1.29, 1.82) is 0 Å². The zero-order valence-corrected chi connectivity index (χ0v) is 14.1. The number of hydrogen-bond acceptors (Lipinski definition) is 3. The molecule has 3 heteroatoms. The summed E-state index contributed by atoms with van der Waals surface area (Å²) in [6.07, 6.45) is 7.49. The van der Waals surface area contributed by atoms with Crippen LogP contribution in [0.15, 0.2) is 43.1 Å². The van der Waals surface area contributed by atoms with Crippen molar-refractivity contribution in [3.05, 3.63) is 48.7 Å². The van der Waals surface area contributed by atoms with Gasteiger partial charge in [-0.1, -0.05) is 19.4 Å². The molecule has 0 aliphatic carbocycles. The number of fused-ring (bicyclic) bond motifs is 1. The zero-order chi connectivity index (χ0) is 16.2. The maximum Gasteiger partial charge on any atom is 0.119 e. The predicted molar refractivity (Wildman–Crippen MR) is 95.9 cm³/mol. The molecule has 0 spiro atoms. The van der Waals surface area contributed by atoms with Gasteiger partial charge in [0.05, 0.1) is 12.6 Å². The molecule has 1 N–H and O–H groups in total. The van der Waals surface area contributed by atoms with Crippen LogP contribution in [0.4, 0.5) is 0 Å². The summed E-state index contributed by atoms with van der Waals surface area (Å²) in [6.45, 7) is 7.32. The lowest BCUT2D eigenvalue weighted by atomic mass is 9.80. The minimum Gasteiger partial charge on any atom is -0.497 e. The first-order chi connectivity index (χ1) is 11.2. The van der Waals surface area contributed by atoms with E-state index < -0.39 is 0 Å². The highest BCUT2D eigenvalue weighted by molar-refractivity contribution is 5.83. The maximum atomic E-state index is 5.38. The van der Waals surface area contributed by atoms with E-state index in [4.69, 9.17) is 4.74 Å². The van der Waals surface area contributed by atoms with Crippen molar-refractivity contribution >= 4 is 10.9 Å². The quantitative estimate of drug-likeness (QED) is 0.848. The Bertz CT molecular complexity index is 682. The topological polar surface area (TPSA) is 34.2 Å². The number of ether oxygens (including phenoxy) is 1. The summed E-state index contributed by atoms with van der Waals surface area (Å²) in [7, 11) is 1.71. The van der Waals surface area contributed by atoms with Gasteiger partial charge in [0.2, 0.25) is 0 Å². The van der Waals surface area contributed by atoms with Crippen LogP contribution in [0.3, 0.4) is 0 Å². The fourth-order valence-corrected chi connectivity index (χ4v) is 3.75. The second kappa shape index (κ2) is 7.14. The Hall–Kier alpha value is -1.87. The molecule has 3 atom stereocenters. The number of nitrogens with zero attached hydrogens (tertiary/aromatic N) is 1. The molecule has 3 nitrogen and oxygen atoms in total. The molecule has 23 heavy (non-hydrogen) atoms. The number of methoxy groups -OCH3 is 1. The summed E-state index contributed by atoms with van der Waals surface area (Å²) in [5.41, 5.74) is 2.38. The van der Waals surface area contributed by atoms with Crippen LogP contribution >= 0.6 is 0 Å². The fourth-order valence-electron chi connectivity index (χ4n) is 3.75. The van der Waals surface area contributed by atoms with Crippen LogP contribution < -0.4 is 10.1 Å². The number of nitrogens with one attached hydrogen (secondary N) is 1. The number of pyridine rings is 1. The van der Waals surface area contributed by atoms with E-state index >= 15 is 0 Å². The average Bonchev–Trinajstić information content (AvgIpc) is 2.61. The van der Waals surface area contributed by atoms with E-state index in [9.17, 15) is 0 Å². The van der Waals surface area contributed by atoms with Crippen molar-refractivity contribution < 1.29 is 4.74 Å². The Morgan fingerprint density at radius 2 is 2.26 bits per heavy atom. The second-order valence-corrected chi connectivity index (χ2v) is 6.47. The standard InChI is InChI=1S/C20H26N2O/c1-4-14-10-17(22-13-15(14)5-2)11-16-8-9-21-20-7-6-18(23-3)12-19(16)20/h5-9,12,14-15,17,22H,2,4,10-11,13H2,1,3H3. The molecule has 1 aromatic carbocycles. The van der Waals surface area contributed by atoms with E-state index in [1.54, 1.807) is 7.11 Å². The molecule has 1 aliphatic rings. The number of rotatable bonds is 5. The molecule has 1 fully saturated rings. The summed E-state index contributed by atoms with van der Waals surface area (Å²) >= 11 is 0.